The monoisotopic (exact) mass is 353 g/mol. The molecule has 0 aromatic carbocycles. The maximum absolute atomic E-state index is 13.0. The number of fused-ring (bicyclic) bond motifs is 2. The molecule has 2 aromatic heterocycles. The molecule has 1 saturated heterocycles. The van der Waals surface area contributed by atoms with E-state index >= 15 is 0 Å². The van der Waals surface area contributed by atoms with Gasteiger partial charge in [-0.1, -0.05) is 0 Å². The van der Waals surface area contributed by atoms with Crippen LogP contribution in [0.1, 0.15) is 35.3 Å². The molecule has 25 heavy (non-hydrogen) atoms. The van der Waals surface area contributed by atoms with Crippen LogP contribution in [0, 0.1) is 5.92 Å². The number of likely N-dealkylation sites (tertiary alicyclic amines) is 1. The number of carbonyl (C=O) groups excluding carboxylic acids is 2. The van der Waals surface area contributed by atoms with Crippen molar-refractivity contribution in [2.45, 2.75) is 24.7 Å². The van der Waals surface area contributed by atoms with E-state index in [9.17, 15) is 9.59 Å². The third-order valence-electron chi connectivity index (χ3n) is 5.65. The lowest BCUT2D eigenvalue weighted by molar-refractivity contribution is -0.131. The van der Waals surface area contributed by atoms with Gasteiger partial charge in [-0.15, -0.1) is 0 Å². The summed E-state index contributed by atoms with van der Waals surface area (Å²) in [5, 5.41) is 3.82. The third-order valence-corrected chi connectivity index (χ3v) is 6.33. The largest absolute Gasteiger partial charge is 0.341 e. The Labute approximate surface area is 150 Å². The summed E-state index contributed by atoms with van der Waals surface area (Å²) >= 11 is 1.53. The summed E-state index contributed by atoms with van der Waals surface area (Å²) < 4.78 is 0. The smallest absolute Gasteiger partial charge is 0.259 e. The first-order chi connectivity index (χ1) is 12.2. The molecular weight excluding hydrogens is 334 g/mol. The van der Waals surface area contributed by atoms with Crippen LogP contribution in [0.15, 0.2) is 35.2 Å². The second kappa shape index (κ2) is 5.39. The van der Waals surface area contributed by atoms with Crippen molar-refractivity contribution in [2.24, 2.45) is 5.92 Å². The molecule has 0 radical (unpaired) electrons. The van der Waals surface area contributed by atoms with Gasteiger partial charge in [-0.05, 0) is 42.8 Å². The Kier molecular flexibility index (Phi) is 3.25. The number of thiophene rings is 1. The zero-order valence-electron chi connectivity index (χ0n) is 13.9. The van der Waals surface area contributed by atoms with Crippen LogP contribution in [-0.4, -0.2) is 41.3 Å². The maximum Gasteiger partial charge on any atom is 0.259 e. The van der Waals surface area contributed by atoms with Gasteiger partial charge < -0.3 is 9.80 Å². The molecule has 0 bridgehead atoms. The van der Waals surface area contributed by atoms with Crippen LogP contribution in [0.2, 0.25) is 0 Å². The Balaban J connectivity index is 1.48. The molecule has 1 aliphatic carbocycles. The minimum absolute atomic E-state index is 0.0272. The second-order valence-electron chi connectivity index (χ2n) is 7.34. The summed E-state index contributed by atoms with van der Waals surface area (Å²) in [5.41, 5.74) is 2.39. The van der Waals surface area contributed by atoms with Crippen LogP contribution in [-0.2, 0) is 10.2 Å². The van der Waals surface area contributed by atoms with Crippen molar-refractivity contribution >= 4 is 28.8 Å². The summed E-state index contributed by atoms with van der Waals surface area (Å²) in [7, 11) is 0. The van der Waals surface area contributed by atoms with Gasteiger partial charge in [0.2, 0.25) is 5.91 Å². The van der Waals surface area contributed by atoms with Gasteiger partial charge in [-0.2, -0.15) is 11.3 Å². The number of pyridine rings is 1. The highest BCUT2D eigenvalue weighted by Crippen LogP contribution is 2.46. The van der Waals surface area contributed by atoms with Crippen LogP contribution in [0.5, 0.6) is 0 Å². The van der Waals surface area contributed by atoms with Crippen LogP contribution in [0.25, 0.3) is 0 Å². The number of rotatable bonds is 2. The molecule has 5 rings (SSSR count). The molecule has 2 aromatic rings. The minimum atomic E-state index is -0.215. The summed E-state index contributed by atoms with van der Waals surface area (Å²) in [6.07, 6.45) is 4.73. The molecule has 2 fully saturated rings. The molecule has 2 amide bonds. The fraction of sp³-hybridized carbons (Fsp3) is 0.421. The number of aromatic nitrogens is 1. The van der Waals surface area contributed by atoms with E-state index in [0.717, 1.165) is 42.8 Å². The Morgan fingerprint density at radius 3 is 2.88 bits per heavy atom. The van der Waals surface area contributed by atoms with E-state index in [2.05, 4.69) is 4.98 Å². The van der Waals surface area contributed by atoms with Gasteiger partial charge in [0.1, 0.15) is 0 Å². The molecule has 6 heteroatoms. The van der Waals surface area contributed by atoms with E-state index in [-0.39, 0.29) is 23.1 Å². The first kappa shape index (κ1) is 15.1. The Morgan fingerprint density at radius 2 is 2.12 bits per heavy atom. The van der Waals surface area contributed by atoms with Crippen molar-refractivity contribution in [1.82, 2.24) is 9.88 Å². The Bertz CT molecular complexity index is 846. The number of anilines is 1. The summed E-state index contributed by atoms with van der Waals surface area (Å²) in [6, 6.07) is 5.73. The van der Waals surface area contributed by atoms with Gasteiger partial charge in [0.05, 0.1) is 22.4 Å². The summed E-state index contributed by atoms with van der Waals surface area (Å²) in [6.45, 7) is 2.06. The lowest BCUT2D eigenvalue weighted by atomic mass is 9.85. The number of amides is 2. The second-order valence-corrected chi connectivity index (χ2v) is 8.12. The van der Waals surface area contributed by atoms with Gasteiger partial charge in [-0.25, -0.2) is 0 Å². The zero-order valence-corrected chi connectivity index (χ0v) is 14.7. The number of carbonyl (C=O) groups is 2. The predicted molar refractivity (Wildman–Crippen MR) is 95.8 cm³/mol. The van der Waals surface area contributed by atoms with Crippen LogP contribution >= 0.6 is 11.3 Å². The summed E-state index contributed by atoms with van der Waals surface area (Å²) in [4.78, 5) is 33.9. The topological polar surface area (TPSA) is 53.5 Å². The molecule has 128 valence electrons. The van der Waals surface area contributed by atoms with Crippen molar-refractivity contribution in [2.75, 3.05) is 24.5 Å². The predicted octanol–water partition coefficient (Wildman–Crippen LogP) is 2.68. The van der Waals surface area contributed by atoms with Crippen molar-refractivity contribution in [1.29, 1.82) is 0 Å². The normalized spacial score (nSPS) is 24.8. The van der Waals surface area contributed by atoms with E-state index in [1.165, 1.54) is 11.3 Å². The fourth-order valence-corrected chi connectivity index (χ4v) is 4.81. The maximum atomic E-state index is 13.0. The lowest BCUT2D eigenvalue weighted by Gasteiger charge is -2.25. The van der Waals surface area contributed by atoms with Gasteiger partial charge in [-0.3, -0.25) is 14.6 Å². The fourth-order valence-electron chi connectivity index (χ4n) is 4.18. The van der Waals surface area contributed by atoms with E-state index in [1.54, 1.807) is 6.20 Å². The van der Waals surface area contributed by atoms with Gasteiger partial charge >= 0.3 is 0 Å². The van der Waals surface area contributed by atoms with Gasteiger partial charge in [0.15, 0.2) is 0 Å². The molecule has 2 aliphatic heterocycles. The average molecular weight is 353 g/mol. The zero-order chi connectivity index (χ0) is 17.0. The van der Waals surface area contributed by atoms with Crippen molar-refractivity contribution in [3.63, 3.8) is 0 Å². The molecule has 0 N–H and O–H groups in total. The van der Waals surface area contributed by atoms with Crippen LogP contribution < -0.4 is 4.90 Å². The van der Waals surface area contributed by atoms with Crippen molar-refractivity contribution < 1.29 is 9.59 Å². The van der Waals surface area contributed by atoms with Crippen molar-refractivity contribution in [3.05, 3.63) is 46.4 Å². The molecule has 4 heterocycles. The van der Waals surface area contributed by atoms with Crippen LogP contribution in [0.4, 0.5) is 5.69 Å². The highest BCUT2D eigenvalue weighted by molar-refractivity contribution is 7.08. The SMILES string of the molecule is O=C(C1CC1)N1CC[C@@]2(C1)CN(C(=O)c1ccsc1)c1cccnc12. The summed E-state index contributed by atoms with van der Waals surface area (Å²) in [5.74, 6) is 0.555. The molecular formula is C19H19N3O2S. The molecule has 1 spiro atoms. The van der Waals surface area contributed by atoms with Crippen molar-refractivity contribution in [3.8, 4) is 0 Å². The lowest BCUT2D eigenvalue weighted by Crippen LogP contribution is -2.40. The minimum Gasteiger partial charge on any atom is -0.341 e. The molecule has 1 saturated carbocycles. The highest BCUT2D eigenvalue weighted by Gasteiger charge is 2.52. The molecule has 5 nitrogen and oxygen atoms in total. The first-order valence-corrected chi connectivity index (χ1v) is 9.71. The van der Waals surface area contributed by atoms with E-state index in [4.69, 9.17) is 0 Å². The van der Waals surface area contributed by atoms with Gasteiger partial charge in [0, 0.05) is 37.1 Å². The molecule has 1 atom stereocenters. The standard InChI is InChI=1S/C19H19N3O2S/c23-17(13-3-4-13)21-8-6-19(11-21)12-22(15-2-1-7-20-16(15)19)18(24)14-5-9-25-10-14/h1-2,5,7,9-10,13H,3-4,6,8,11-12H2/t19-/m1/s1. The average Bonchev–Trinajstić information content (AvgIpc) is 3.08. The number of hydrogen-bond acceptors (Lipinski definition) is 4. The number of hydrogen-bond donors (Lipinski definition) is 0. The highest BCUT2D eigenvalue weighted by atomic mass is 32.1. The van der Waals surface area contributed by atoms with Gasteiger partial charge in [0.25, 0.3) is 5.91 Å². The number of nitrogens with zero attached hydrogens (tertiary/aromatic N) is 3. The Hall–Kier alpha value is -2.21. The van der Waals surface area contributed by atoms with E-state index < -0.39 is 0 Å². The first-order valence-electron chi connectivity index (χ1n) is 8.76. The van der Waals surface area contributed by atoms with Crippen LogP contribution in [0.3, 0.4) is 0 Å². The van der Waals surface area contributed by atoms with E-state index in [1.807, 2.05) is 38.8 Å². The Morgan fingerprint density at radius 1 is 1.24 bits per heavy atom. The quantitative estimate of drug-likeness (QED) is 0.834. The van der Waals surface area contributed by atoms with E-state index in [0.29, 0.717) is 13.1 Å². The molecule has 0 unspecified atom stereocenters. The third kappa shape index (κ3) is 2.31. The molecule has 3 aliphatic rings.